The molecular formula is C20H27FN4O3. The van der Waals surface area contributed by atoms with Crippen LogP contribution in [0.4, 0.5) is 4.39 Å². The lowest BCUT2D eigenvalue weighted by atomic mass is 10.2. The zero-order valence-electron chi connectivity index (χ0n) is 16.4. The zero-order chi connectivity index (χ0) is 20.2. The molecule has 0 aliphatic heterocycles. The lowest BCUT2D eigenvalue weighted by Crippen LogP contribution is -2.41. The molecule has 0 saturated heterocycles. The van der Waals surface area contributed by atoms with Crippen molar-refractivity contribution in [3.63, 3.8) is 0 Å². The highest BCUT2D eigenvalue weighted by atomic mass is 19.1. The molecule has 1 heterocycles. The largest absolute Gasteiger partial charge is 0.489 e. The van der Waals surface area contributed by atoms with E-state index in [1.807, 2.05) is 19.1 Å². The first-order valence-electron chi connectivity index (χ1n) is 9.04. The quantitative estimate of drug-likeness (QED) is 0.369. The molecule has 1 aromatic carbocycles. The van der Waals surface area contributed by atoms with E-state index in [0.29, 0.717) is 43.9 Å². The minimum atomic E-state index is -0.324. The molecule has 1 aromatic heterocycles. The molecule has 7 nitrogen and oxygen atoms in total. The first-order valence-corrected chi connectivity index (χ1v) is 9.04. The van der Waals surface area contributed by atoms with E-state index < -0.39 is 0 Å². The first kappa shape index (κ1) is 21.4. The van der Waals surface area contributed by atoms with Gasteiger partial charge in [0, 0.05) is 38.5 Å². The summed E-state index contributed by atoms with van der Waals surface area (Å²) in [6.45, 7) is 3.82. The van der Waals surface area contributed by atoms with Gasteiger partial charge in [0.2, 0.25) is 5.88 Å². The van der Waals surface area contributed by atoms with Crippen LogP contribution in [0.15, 0.2) is 47.6 Å². The van der Waals surface area contributed by atoms with Crippen molar-refractivity contribution >= 4 is 5.96 Å². The molecule has 152 valence electrons. The van der Waals surface area contributed by atoms with Crippen molar-refractivity contribution in [2.24, 2.45) is 4.99 Å². The Morgan fingerprint density at radius 2 is 2.07 bits per heavy atom. The van der Waals surface area contributed by atoms with Gasteiger partial charge in [0.1, 0.15) is 24.3 Å². The molecule has 0 radical (unpaired) electrons. The second kappa shape index (κ2) is 11.8. The molecule has 28 heavy (non-hydrogen) atoms. The Morgan fingerprint density at radius 3 is 2.82 bits per heavy atom. The maximum absolute atomic E-state index is 13.2. The average molecular weight is 390 g/mol. The number of hydrogen-bond donors (Lipinski definition) is 2. The molecule has 0 spiro atoms. The molecule has 0 bridgehead atoms. The molecule has 1 unspecified atom stereocenters. The Morgan fingerprint density at radius 1 is 1.21 bits per heavy atom. The van der Waals surface area contributed by atoms with Crippen LogP contribution in [-0.4, -0.2) is 51.0 Å². The molecular weight excluding hydrogens is 363 g/mol. The fourth-order valence-electron chi connectivity index (χ4n) is 2.36. The van der Waals surface area contributed by atoms with Gasteiger partial charge in [-0.25, -0.2) is 9.37 Å². The number of nitrogens with zero attached hydrogens (tertiary/aromatic N) is 2. The molecule has 8 heteroatoms. The number of hydrogen-bond acceptors (Lipinski definition) is 5. The highest BCUT2D eigenvalue weighted by Gasteiger charge is 2.09. The summed E-state index contributed by atoms with van der Waals surface area (Å²) in [5, 5.41) is 6.40. The number of rotatable bonds is 10. The molecule has 0 aliphatic carbocycles. The van der Waals surface area contributed by atoms with Gasteiger partial charge < -0.3 is 24.8 Å². The normalized spacial score (nSPS) is 12.4. The van der Waals surface area contributed by atoms with Gasteiger partial charge in [-0.05, 0) is 25.1 Å². The number of aliphatic imine (C=N–C) groups is 1. The Balaban J connectivity index is 1.81. The fraction of sp³-hybridized carbons (Fsp3) is 0.400. The number of ether oxygens (including phenoxy) is 3. The lowest BCUT2D eigenvalue weighted by molar-refractivity contribution is 0.143. The van der Waals surface area contributed by atoms with E-state index in [1.54, 1.807) is 32.5 Å². The van der Waals surface area contributed by atoms with E-state index in [9.17, 15) is 4.39 Å². The van der Waals surface area contributed by atoms with E-state index in [2.05, 4.69) is 20.6 Å². The number of pyridine rings is 1. The number of aromatic nitrogens is 1. The minimum Gasteiger partial charge on any atom is -0.489 e. The third-order valence-electron chi connectivity index (χ3n) is 3.74. The van der Waals surface area contributed by atoms with Crippen LogP contribution in [-0.2, 0) is 11.3 Å². The molecule has 0 fully saturated rings. The summed E-state index contributed by atoms with van der Waals surface area (Å²) in [5.74, 6) is 1.34. The van der Waals surface area contributed by atoms with Crippen molar-refractivity contribution in [1.29, 1.82) is 0 Å². The van der Waals surface area contributed by atoms with Crippen molar-refractivity contribution in [3.8, 4) is 11.6 Å². The first-order chi connectivity index (χ1) is 13.6. The molecule has 1 atom stereocenters. The van der Waals surface area contributed by atoms with Crippen molar-refractivity contribution in [1.82, 2.24) is 15.6 Å². The third-order valence-corrected chi connectivity index (χ3v) is 3.74. The number of benzene rings is 1. The van der Waals surface area contributed by atoms with Crippen LogP contribution in [0.5, 0.6) is 11.6 Å². The second-order valence-corrected chi connectivity index (χ2v) is 6.00. The topological polar surface area (TPSA) is 77.0 Å². The van der Waals surface area contributed by atoms with Gasteiger partial charge in [0.25, 0.3) is 0 Å². The summed E-state index contributed by atoms with van der Waals surface area (Å²) < 4.78 is 29.6. The van der Waals surface area contributed by atoms with Crippen LogP contribution in [0.25, 0.3) is 0 Å². The molecule has 2 N–H and O–H groups in total. The summed E-state index contributed by atoms with van der Waals surface area (Å²) in [7, 11) is 3.31. The van der Waals surface area contributed by atoms with E-state index >= 15 is 0 Å². The Labute approximate surface area is 164 Å². The summed E-state index contributed by atoms with van der Waals surface area (Å²) in [6, 6.07) is 9.87. The van der Waals surface area contributed by atoms with Crippen LogP contribution in [0, 0.1) is 5.82 Å². The molecule has 2 rings (SSSR count). The number of nitrogens with one attached hydrogen (secondary N) is 2. The van der Waals surface area contributed by atoms with E-state index in [1.165, 1.54) is 12.1 Å². The van der Waals surface area contributed by atoms with Gasteiger partial charge in [-0.1, -0.05) is 12.1 Å². The van der Waals surface area contributed by atoms with Crippen LogP contribution in [0.2, 0.25) is 0 Å². The summed E-state index contributed by atoms with van der Waals surface area (Å²) in [5.41, 5.74) is 0.908. The van der Waals surface area contributed by atoms with Crippen LogP contribution < -0.4 is 20.1 Å². The van der Waals surface area contributed by atoms with Gasteiger partial charge in [-0.2, -0.15) is 0 Å². The Hall–Kier alpha value is -2.87. The van der Waals surface area contributed by atoms with Crippen LogP contribution >= 0.6 is 0 Å². The van der Waals surface area contributed by atoms with Gasteiger partial charge in [-0.3, -0.25) is 4.99 Å². The predicted octanol–water partition coefficient (Wildman–Crippen LogP) is 2.38. The van der Waals surface area contributed by atoms with E-state index in [4.69, 9.17) is 14.2 Å². The van der Waals surface area contributed by atoms with Crippen molar-refractivity contribution < 1.29 is 18.6 Å². The van der Waals surface area contributed by atoms with Crippen LogP contribution in [0.3, 0.4) is 0 Å². The monoisotopic (exact) mass is 390 g/mol. The SMILES string of the molecule is CN=C(NCc1cccnc1OCCOC)NCC(C)Oc1cccc(F)c1. The Kier molecular flexibility index (Phi) is 9.00. The standard InChI is InChI=1S/C20H27FN4O3/c1-15(28-18-8-4-7-17(21)12-18)13-24-20(22-2)25-14-16-6-5-9-23-19(16)27-11-10-26-3/h4-9,12,15H,10-11,13-14H2,1-3H3,(H2,22,24,25). The molecule has 0 aliphatic rings. The summed E-state index contributed by atoms with van der Waals surface area (Å²) in [6.07, 6.45) is 1.51. The van der Waals surface area contributed by atoms with E-state index in [0.717, 1.165) is 5.56 Å². The van der Waals surface area contributed by atoms with Gasteiger partial charge >= 0.3 is 0 Å². The third kappa shape index (κ3) is 7.40. The number of methoxy groups -OCH3 is 1. The smallest absolute Gasteiger partial charge is 0.218 e. The minimum absolute atomic E-state index is 0.174. The Bertz CT molecular complexity index is 758. The van der Waals surface area contributed by atoms with E-state index in [-0.39, 0.29) is 11.9 Å². The molecule has 2 aromatic rings. The highest BCUT2D eigenvalue weighted by molar-refractivity contribution is 5.79. The van der Waals surface area contributed by atoms with Gasteiger partial charge in [0.15, 0.2) is 5.96 Å². The fourth-order valence-corrected chi connectivity index (χ4v) is 2.36. The van der Waals surface area contributed by atoms with Crippen molar-refractivity contribution in [2.45, 2.75) is 19.6 Å². The number of halogens is 1. The lowest BCUT2D eigenvalue weighted by Gasteiger charge is -2.18. The summed E-state index contributed by atoms with van der Waals surface area (Å²) >= 11 is 0. The van der Waals surface area contributed by atoms with Gasteiger partial charge in [-0.15, -0.1) is 0 Å². The number of guanidine groups is 1. The highest BCUT2D eigenvalue weighted by Crippen LogP contribution is 2.14. The summed E-state index contributed by atoms with van der Waals surface area (Å²) in [4.78, 5) is 8.45. The van der Waals surface area contributed by atoms with Crippen LogP contribution in [0.1, 0.15) is 12.5 Å². The predicted molar refractivity (Wildman–Crippen MR) is 106 cm³/mol. The molecule has 0 amide bonds. The molecule has 0 saturated carbocycles. The second-order valence-electron chi connectivity index (χ2n) is 6.00. The van der Waals surface area contributed by atoms with Crippen molar-refractivity contribution in [3.05, 3.63) is 54.0 Å². The van der Waals surface area contributed by atoms with Gasteiger partial charge in [0.05, 0.1) is 13.2 Å². The maximum Gasteiger partial charge on any atom is 0.218 e. The average Bonchev–Trinajstić information content (AvgIpc) is 2.69. The zero-order valence-corrected chi connectivity index (χ0v) is 16.4. The van der Waals surface area contributed by atoms with Crippen molar-refractivity contribution in [2.75, 3.05) is 33.9 Å². The maximum atomic E-state index is 13.2.